The Morgan fingerprint density at radius 1 is 1.75 bits per heavy atom. The van der Waals surface area contributed by atoms with E-state index < -0.39 is 5.97 Å². The van der Waals surface area contributed by atoms with Crippen LogP contribution in [-0.2, 0) is 9.53 Å². The van der Waals surface area contributed by atoms with E-state index >= 15 is 0 Å². The number of aliphatic hydroxyl groups is 1. The molecule has 70 valence electrons. The molecule has 0 aromatic carbocycles. The molecule has 0 rings (SSSR count). The van der Waals surface area contributed by atoms with Gasteiger partial charge in [0.25, 0.3) is 0 Å². The predicted molar refractivity (Wildman–Crippen MR) is 45.7 cm³/mol. The zero-order valence-electron chi connectivity index (χ0n) is 7.46. The molecule has 2 N–H and O–H groups in total. The Hall–Kier alpha value is -0.870. The minimum atomic E-state index is -0.467. The molecule has 0 fully saturated rings. The van der Waals surface area contributed by atoms with Crippen LogP contribution in [0, 0.1) is 0 Å². The smallest absolute Gasteiger partial charge is 0.335 e. The molecule has 0 aliphatic rings. The van der Waals surface area contributed by atoms with Crippen molar-refractivity contribution in [3.05, 3.63) is 12.2 Å². The van der Waals surface area contributed by atoms with E-state index in [1.54, 1.807) is 7.05 Å². The summed E-state index contributed by atoms with van der Waals surface area (Å²) in [5.74, 6) is -0.467. The number of carbonyl (C=O) groups excluding carboxylic acids is 1. The maximum absolute atomic E-state index is 11.0. The van der Waals surface area contributed by atoms with E-state index in [0.29, 0.717) is 5.57 Å². The average molecular weight is 173 g/mol. The van der Waals surface area contributed by atoms with Gasteiger partial charge >= 0.3 is 5.97 Å². The molecule has 1 atom stereocenters. The molecule has 0 heterocycles. The summed E-state index contributed by atoms with van der Waals surface area (Å²) in [4.78, 5) is 11.0. The lowest BCUT2D eigenvalue weighted by molar-refractivity contribution is -0.140. The highest BCUT2D eigenvalue weighted by molar-refractivity contribution is 5.88. The third kappa shape index (κ3) is 3.50. The normalized spacial score (nSPS) is 12.2. The van der Waals surface area contributed by atoms with E-state index in [0.717, 1.165) is 0 Å². The summed E-state index contributed by atoms with van der Waals surface area (Å²) in [7, 11) is 1.73. The summed E-state index contributed by atoms with van der Waals surface area (Å²) >= 11 is 0. The molecule has 0 aromatic rings. The number of hydrogen-bond donors (Lipinski definition) is 2. The van der Waals surface area contributed by atoms with Crippen LogP contribution in [0.2, 0.25) is 0 Å². The van der Waals surface area contributed by atoms with E-state index in [1.807, 2.05) is 6.92 Å². The lowest BCUT2D eigenvalue weighted by Crippen LogP contribution is -2.28. The Bertz CT molecular complexity index is 168. The second-order valence-corrected chi connectivity index (χ2v) is 2.40. The zero-order chi connectivity index (χ0) is 9.56. The fraction of sp³-hybridized carbons (Fsp3) is 0.625. The first kappa shape index (κ1) is 11.1. The number of hydrogen-bond acceptors (Lipinski definition) is 4. The number of esters is 1. The van der Waals surface area contributed by atoms with Gasteiger partial charge in [0.2, 0.25) is 0 Å². The van der Waals surface area contributed by atoms with Crippen LogP contribution in [0.5, 0.6) is 0 Å². The van der Waals surface area contributed by atoms with Crippen molar-refractivity contribution in [2.45, 2.75) is 13.0 Å². The second-order valence-electron chi connectivity index (χ2n) is 2.40. The molecule has 12 heavy (non-hydrogen) atoms. The SMILES string of the molecule is C=C(C(=O)OCCO)C(C)NC. The molecule has 0 aromatic heterocycles. The van der Waals surface area contributed by atoms with Gasteiger partial charge in [-0.15, -0.1) is 0 Å². The van der Waals surface area contributed by atoms with Crippen molar-refractivity contribution in [1.82, 2.24) is 5.32 Å². The number of aliphatic hydroxyl groups excluding tert-OH is 1. The van der Waals surface area contributed by atoms with E-state index in [9.17, 15) is 4.79 Å². The Labute approximate surface area is 72.2 Å². The molecule has 1 unspecified atom stereocenters. The molecular formula is C8H15NO3. The Morgan fingerprint density at radius 3 is 2.75 bits per heavy atom. The molecule has 4 nitrogen and oxygen atoms in total. The first-order chi connectivity index (χ1) is 5.63. The quantitative estimate of drug-likeness (QED) is 0.442. The number of carbonyl (C=O) groups is 1. The molecule has 0 saturated carbocycles. The van der Waals surface area contributed by atoms with Gasteiger partial charge in [-0.25, -0.2) is 4.79 Å². The summed E-state index contributed by atoms with van der Waals surface area (Å²) in [5, 5.41) is 11.2. The van der Waals surface area contributed by atoms with Crippen molar-refractivity contribution in [3.63, 3.8) is 0 Å². The molecule has 0 spiro atoms. The van der Waals surface area contributed by atoms with E-state index in [1.165, 1.54) is 0 Å². The Balaban J connectivity index is 3.85. The highest BCUT2D eigenvalue weighted by Gasteiger charge is 2.13. The minimum Gasteiger partial charge on any atom is -0.460 e. The van der Waals surface area contributed by atoms with Crippen LogP contribution >= 0.6 is 0 Å². The molecule has 0 bridgehead atoms. The van der Waals surface area contributed by atoms with Crippen LogP contribution in [0.1, 0.15) is 6.92 Å². The van der Waals surface area contributed by atoms with Crippen molar-refractivity contribution in [3.8, 4) is 0 Å². The molecule has 0 aliphatic carbocycles. The van der Waals surface area contributed by atoms with Gasteiger partial charge in [0, 0.05) is 11.6 Å². The molecular weight excluding hydrogens is 158 g/mol. The average Bonchev–Trinajstić information content (AvgIpc) is 2.11. The Morgan fingerprint density at radius 2 is 2.33 bits per heavy atom. The zero-order valence-corrected chi connectivity index (χ0v) is 7.46. The fourth-order valence-electron chi connectivity index (χ4n) is 0.582. The third-order valence-corrected chi connectivity index (χ3v) is 1.54. The van der Waals surface area contributed by atoms with Gasteiger partial charge in [0.15, 0.2) is 0 Å². The summed E-state index contributed by atoms with van der Waals surface area (Å²) in [6.07, 6.45) is 0. The standard InChI is InChI=1S/C8H15NO3/c1-6(7(2)9-3)8(11)12-5-4-10/h7,9-10H,1,4-5H2,2-3H3. The van der Waals surface area contributed by atoms with Crippen LogP contribution in [0.4, 0.5) is 0 Å². The van der Waals surface area contributed by atoms with E-state index in [2.05, 4.69) is 16.6 Å². The maximum Gasteiger partial charge on any atom is 0.335 e. The number of rotatable bonds is 5. The van der Waals surface area contributed by atoms with Gasteiger partial charge in [-0.05, 0) is 14.0 Å². The van der Waals surface area contributed by atoms with E-state index in [4.69, 9.17) is 5.11 Å². The molecule has 0 saturated heterocycles. The maximum atomic E-state index is 11.0. The molecule has 0 aliphatic heterocycles. The second kappa shape index (κ2) is 5.74. The largest absolute Gasteiger partial charge is 0.460 e. The lowest BCUT2D eigenvalue weighted by atomic mass is 10.1. The van der Waals surface area contributed by atoms with Gasteiger partial charge in [0.1, 0.15) is 6.61 Å². The molecule has 4 heteroatoms. The third-order valence-electron chi connectivity index (χ3n) is 1.54. The van der Waals surface area contributed by atoms with Crippen molar-refractivity contribution >= 4 is 5.97 Å². The van der Waals surface area contributed by atoms with Gasteiger partial charge in [0.05, 0.1) is 6.61 Å². The van der Waals surface area contributed by atoms with Crippen LogP contribution < -0.4 is 5.32 Å². The van der Waals surface area contributed by atoms with Crippen LogP contribution in [0.25, 0.3) is 0 Å². The van der Waals surface area contributed by atoms with Crippen molar-refractivity contribution in [2.24, 2.45) is 0 Å². The van der Waals surface area contributed by atoms with Crippen molar-refractivity contribution in [2.75, 3.05) is 20.3 Å². The topological polar surface area (TPSA) is 58.6 Å². The van der Waals surface area contributed by atoms with Gasteiger partial charge < -0.3 is 15.2 Å². The Kier molecular flexibility index (Phi) is 5.32. The van der Waals surface area contributed by atoms with Crippen LogP contribution in [0.3, 0.4) is 0 Å². The fourth-order valence-corrected chi connectivity index (χ4v) is 0.582. The van der Waals surface area contributed by atoms with Gasteiger partial charge in [-0.3, -0.25) is 0 Å². The first-order valence-corrected chi connectivity index (χ1v) is 3.77. The van der Waals surface area contributed by atoms with Crippen molar-refractivity contribution in [1.29, 1.82) is 0 Å². The van der Waals surface area contributed by atoms with E-state index in [-0.39, 0.29) is 19.3 Å². The summed E-state index contributed by atoms with van der Waals surface area (Å²) in [5.41, 5.74) is 0.367. The highest BCUT2D eigenvalue weighted by Crippen LogP contribution is 2.00. The summed E-state index contributed by atoms with van der Waals surface area (Å²) in [6, 6.07) is -0.101. The molecule has 0 radical (unpaired) electrons. The first-order valence-electron chi connectivity index (χ1n) is 3.77. The highest BCUT2D eigenvalue weighted by atomic mass is 16.5. The minimum absolute atomic E-state index is 0.0221. The monoisotopic (exact) mass is 173 g/mol. The number of ether oxygens (including phenoxy) is 1. The predicted octanol–water partition coefficient (Wildman–Crippen LogP) is -0.314. The van der Waals surface area contributed by atoms with Gasteiger partial charge in [-0.1, -0.05) is 6.58 Å². The van der Waals surface area contributed by atoms with Crippen LogP contribution in [0.15, 0.2) is 12.2 Å². The number of nitrogens with one attached hydrogen (secondary N) is 1. The molecule has 0 amide bonds. The van der Waals surface area contributed by atoms with Crippen molar-refractivity contribution < 1.29 is 14.6 Å². The summed E-state index contributed by atoms with van der Waals surface area (Å²) < 4.78 is 4.65. The van der Waals surface area contributed by atoms with Gasteiger partial charge in [-0.2, -0.15) is 0 Å². The van der Waals surface area contributed by atoms with Crippen LogP contribution in [-0.4, -0.2) is 37.4 Å². The summed E-state index contributed by atoms with van der Waals surface area (Å²) in [6.45, 7) is 5.23. The number of likely N-dealkylation sites (N-methyl/N-ethyl adjacent to an activating group) is 1. The lowest BCUT2D eigenvalue weighted by Gasteiger charge is -2.11.